The number of aliphatic hydroxyl groups excluding tert-OH is 1. The van der Waals surface area contributed by atoms with Crippen LogP contribution in [-0.4, -0.2) is 30.0 Å². The van der Waals surface area contributed by atoms with E-state index in [1.54, 1.807) is 0 Å². The zero-order valence-electron chi connectivity index (χ0n) is 20.7. The van der Waals surface area contributed by atoms with Gasteiger partial charge in [-0.3, -0.25) is 0 Å². The monoisotopic (exact) mass is 426 g/mol. The zero-order chi connectivity index (χ0) is 23.3. The van der Waals surface area contributed by atoms with Gasteiger partial charge in [-0.1, -0.05) is 82.3 Å². The summed E-state index contributed by atoms with van der Waals surface area (Å²) >= 11 is 0. The van der Waals surface area contributed by atoms with E-state index < -0.39 is 11.7 Å². The topological polar surface area (TPSA) is 38.7 Å². The van der Waals surface area contributed by atoms with Gasteiger partial charge in [0, 0.05) is 5.41 Å². The maximum Gasteiger partial charge on any atom is 0.101 e. The molecule has 0 saturated heterocycles. The standard InChI is InChI=1S/C28H42O3/c1-21(2)18-26(3,4)30-19-25(29)20-31-28(7,8)24-16-14-23(15-17-24)27(5,6)22-12-10-9-11-13-22/h9-17,21,25,29H,18-20H2,1-8H3. The Kier molecular flexibility index (Phi) is 8.49. The van der Waals surface area contributed by atoms with Crippen molar-refractivity contribution >= 4 is 0 Å². The molecule has 0 bridgehead atoms. The summed E-state index contributed by atoms with van der Waals surface area (Å²) in [6.45, 7) is 17.6. The van der Waals surface area contributed by atoms with Crippen LogP contribution < -0.4 is 0 Å². The average molecular weight is 427 g/mol. The van der Waals surface area contributed by atoms with Gasteiger partial charge in [0.2, 0.25) is 0 Å². The first-order valence-electron chi connectivity index (χ1n) is 11.5. The van der Waals surface area contributed by atoms with Gasteiger partial charge in [0.1, 0.15) is 6.10 Å². The van der Waals surface area contributed by atoms with Gasteiger partial charge in [-0.2, -0.15) is 0 Å². The molecule has 1 N–H and O–H groups in total. The molecule has 0 fully saturated rings. The maximum atomic E-state index is 10.4. The molecule has 0 aromatic heterocycles. The molecule has 2 rings (SSSR count). The SMILES string of the molecule is CC(C)CC(C)(C)OCC(O)COC(C)(C)c1ccc(C(C)(C)c2ccccc2)cc1. The lowest BCUT2D eigenvalue weighted by Crippen LogP contribution is -2.34. The molecular weight excluding hydrogens is 384 g/mol. The number of ether oxygens (including phenoxy) is 2. The second-order valence-electron chi connectivity index (χ2n) is 10.7. The molecule has 3 heteroatoms. The fourth-order valence-corrected chi connectivity index (χ4v) is 4.11. The van der Waals surface area contributed by atoms with Gasteiger partial charge in [0.05, 0.1) is 24.4 Å². The van der Waals surface area contributed by atoms with Crippen molar-refractivity contribution in [3.05, 3.63) is 71.3 Å². The molecule has 0 amide bonds. The fraction of sp³-hybridized carbons (Fsp3) is 0.571. The van der Waals surface area contributed by atoms with Crippen LogP contribution in [0.3, 0.4) is 0 Å². The van der Waals surface area contributed by atoms with Gasteiger partial charge in [0.15, 0.2) is 0 Å². The Balaban J connectivity index is 1.96. The van der Waals surface area contributed by atoms with Gasteiger partial charge < -0.3 is 14.6 Å². The summed E-state index contributed by atoms with van der Waals surface area (Å²) in [7, 11) is 0. The van der Waals surface area contributed by atoms with Gasteiger partial charge >= 0.3 is 0 Å². The molecule has 31 heavy (non-hydrogen) atoms. The molecule has 0 saturated carbocycles. The summed E-state index contributed by atoms with van der Waals surface area (Å²) in [4.78, 5) is 0. The van der Waals surface area contributed by atoms with E-state index in [1.165, 1.54) is 11.1 Å². The Labute approximate surface area is 189 Å². The Morgan fingerprint density at radius 2 is 1.19 bits per heavy atom. The molecule has 0 aliphatic rings. The largest absolute Gasteiger partial charge is 0.388 e. The van der Waals surface area contributed by atoms with E-state index in [0.29, 0.717) is 5.92 Å². The Hall–Kier alpha value is -1.68. The van der Waals surface area contributed by atoms with Crippen molar-refractivity contribution in [2.75, 3.05) is 13.2 Å². The van der Waals surface area contributed by atoms with E-state index in [0.717, 1.165) is 12.0 Å². The van der Waals surface area contributed by atoms with Crippen LogP contribution in [0, 0.1) is 5.92 Å². The minimum atomic E-state index is -0.651. The van der Waals surface area contributed by atoms with E-state index in [9.17, 15) is 5.11 Å². The lowest BCUT2D eigenvalue weighted by Gasteiger charge is -2.31. The Morgan fingerprint density at radius 3 is 1.74 bits per heavy atom. The molecule has 172 valence electrons. The number of hydrogen-bond donors (Lipinski definition) is 1. The van der Waals surface area contributed by atoms with Crippen LogP contribution in [-0.2, 0) is 20.5 Å². The van der Waals surface area contributed by atoms with E-state index >= 15 is 0 Å². The van der Waals surface area contributed by atoms with Crippen LogP contribution in [0.2, 0.25) is 0 Å². The Morgan fingerprint density at radius 1 is 0.710 bits per heavy atom. The molecule has 2 aromatic rings. The smallest absolute Gasteiger partial charge is 0.101 e. The van der Waals surface area contributed by atoms with Crippen molar-refractivity contribution in [1.29, 1.82) is 0 Å². The zero-order valence-corrected chi connectivity index (χ0v) is 20.7. The second-order valence-corrected chi connectivity index (χ2v) is 10.7. The predicted molar refractivity (Wildman–Crippen MR) is 129 cm³/mol. The van der Waals surface area contributed by atoms with Crippen LogP contribution in [0.15, 0.2) is 54.6 Å². The first-order valence-corrected chi connectivity index (χ1v) is 11.5. The lowest BCUT2D eigenvalue weighted by atomic mass is 9.77. The molecule has 2 aromatic carbocycles. The van der Waals surface area contributed by atoms with Gasteiger partial charge in [0.25, 0.3) is 0 Å². The van der Waals surface area contributed by atoms with Gasteiger partial charge in [-0.25, -0.2) is 0 Å². The lowest BCUT2D eigenvalue weighted by molar-refractivity contribution is -0.112. The minimum Gasteiger partial charge on any atom is -0.388 e. The molecule has 0 aliphatic heterocycles. The third-order valence-electron chi connectivity index (χ3n) is 6.00. The van der Waals surface area contributed by atoms with Gasteiger partial charge in [-0.05, 0) is 56.7 Å². The highest BCUT2D eigenvalue weighted by molar-refractivity contribution is 5.39. The van der Waals surface area contributed by atoms with Gasteiger partial charge in [-0.15, -0.1) is 0 Å². The highest BCUT2D eigenvalue weighted by Crippen LogP contribution is 2.33. The van der Waals surface area contributed by atoms with Crippen molar-refractivity contribution in [2.45, 2.75) is 84.5 Å². The first-order chi connectivity index (χ1) is 14.3. The molecule has 0 heterocycles. The van der Waals surface area contributed by atoms with Crippen LogP contribution in [0.1, 0.15) is 78.5 Å². The van der Waals surface area contributed by atoms with Crippen molar-refractivity contribution in [3.8, 4) is 0 Å². The quantitative estimate of drug-likeness (QED) is 0.448. The normalized spacial score (nSPS) is 14.1. The van der Waals surface area contributed by atoms with Crippen LogP contribution in [0.25, 0.3) is 0 Å². The number of aliphatic hydroxyl groups is 1. The molecule has 0 spiro atoms. The fourth-order valence-electron chi connectivity index (χ4n) is 4.11. The predicted octanol–water partition coefficient (Wildman–Crippen LogP) is 6.47. The molecule has 3 nitrogen and oxygen atoms in total. The molecular formula is C28H42O3. The number of benzene rings is 2. The van der Waals surface area contributed by atoms with E-state index in [-0.39, 0.29) is 24.2 Å². The van der Waals surface area contributed by atoms with Crippen molar-refractivity contribution < 1.29 is 14.6 Å². The summed E-state index contributed by atoms with van der Waals surface area (Å²) < 4.78 is 12.0. The molecule has 0 aliphatic carbocycles. The second kappa shape index (κ2) is 10.3. The van der Waals surface area contributed by atoms with E-state index in [2.05, 4.69) is 90.1 Å². The highest BCUT2D eigenvalue weighted by atomic mass is 16.5. The third kappa shape index (κ3) is 7.45. The molecule has 1 atom stereocenters. The van der Waals surface area contributed by atoms with Crippen molar-refractivity contribution in [2.24, 2.45) is 5.92 Å². The van der Waals surface area contributed by atoms with E-state index in [1.807, 2.05) is 19.9 Å². The minimum absolute atomic E-state index is 0.0683. The van der Waals surface area contributed by atoms with Crippen LogP contribution in [0.5, 0.6) is 0 Å². The summed E-state index contributed by atoms with van der Waals surface area (Å²) in [5.74, 6) is 0.553. The van der Waals surface area contributed by atoms with Crippen molar-refractivity contribution in [3.63, 3.8) is 0 Å². The summed E-state index contributed by atoms with van der Waals surface area (Å²) in [5, 5.41) is 10.4. The summed E-state index contributed by atoms with van der Waals surface area (Å²) in [6, 6.07) is 19.2. The summed E-state index contributed by atoms with van der Waals surface area (Å²) in [6.07, 6.45) is 0.305. The van der Waals surface area contributed by atoms with Crippen LogP contribution >= 0.6 is 0 Å². The van der Waals surface area contributed by atoms with E-state index in [4.69, 9.17) is 9.47 Å². The highest BCUT2D eigenvalue weighted by Gasteiger charge is 2.27. The first kappa shape index (κ1) is 25.6. The Bertz CT molecular complexity index is 789. The number of hydrogen-bond acceptors (Lipinski definition) is 3. The third-order valence-corrected chi connectivity index (χ3v) is 6.00. The maximum absolute atomic E-state index is 10.4. The molecule has 0 radical (unpaired) electrons. The van der Waals surface area contributed by atoms with Crippen molar-refractivity contribution in [1.82, 2.24) is 0 Å². The van der Waals surface area contributed by atoms with Crippen LogP contribution in [0.4, 0.5) is 0 Å². The average Bonchev–Trinajstić information content (AvgIpc) is 2.71. The molecule has 1 unspecified atom stereocenters. The number of rotatable bonds is 11. The summed E-state index contributed by atoms with van der Waals surface area (Å²) in [5.41, 5.74) is 2.84.